The van der Waals surface area contributed by atoms with Crippen LogP contribution in [0.15, 0.2) is 22.1 Å². The maximum atomic E-state index is 11.0. The largest absolute Gasteiger partial charge is 0.478 e. The number of carbonyl (C=O) groups is 1. The third-order valence-electron chi connectivity index (χ3n) is 2.51. The van der Waals surface area contributed by atoms with Crippen LogP contribution in [0.4, 0.5) is 0 Å². The molecule has 0 saturated heterocycles. The van der Waals surface area contributed by atoms with Gasteiger partial charge in [0, 0.05) is 25.0 Å². The van der Waals surface area contributed by atoms with Gasteiger partial charge in [0.2, 0.25) is 0 Å². The minimum atomic E-state index is -0.946. The van der Waals surface area contributed by atoms with Crippen molar-refractivity contribution in [1.29, 1.82) is 0 Å². The van der Waals surface area contributed by atoms with E-state index in [1.807, 2.05) is 12.1 Å². The van der Waals surface area contributed by atoms with Crippen molar-refractivity contribution in [2.45, 2.75) is 13.1 Å². The van der Waals surface area contributed by atoms with E-state index < -0.39 is 5.97 Å². The Hall–Kier alpha value is -1.18. The van der Waals surface area contributed by atoms with Crippen molar-refractivity contribution >= 4 is 33.2 Å². The molecule has 5 nitrogen and oxygen atoms in total. The van der Waals surface area contributed by atoms with Crippen LogP contribution in [0, 0.1) is 0 Å². The van der Waals surface area contributed by atoms with Gasteiger partial charge in [-0.25, -0.2) is 4.79 Å². The second-order valence-electron chi connectivity index (χ2n) is 3.74. The molecular formula is C11H12BrN3O2S. The van der Waals surface area contributed by atoms with Gasteiger partial charge in [0.05, 0.1) is 15.7 Å². The van der Waals surface area contributed by atoms with E-state index in [0.717, 1.165) is 3.79 Å². The van der Waals surface area contributed by atoms with E-state index in [9.17, 15) is 4.79 Å². The summed E-state index contributed by atoms with van der Waals surface area (Å²) in [5.41, 5.74) is 0.926. The van der Waals surface area contributed by atoms with Crippen molar-refractivity contribution in [2.75, 3.05) is 0 Å². The van der Waals surface area contributed by atoms with Crippen LogP contribution in [-0.2, 0) is 20.1 Å². The van der Waals surface area contributed by atoms with Crippen LogP contribution >= 0.6 is 27.3 Å². The molecule has 0 saturated carbocycles. The molecule has 0 radical (unpaired) electrons. The number of thiophene rings is 1. The Morgan fingerprint density at radius 2 is 2.33 bits per heavy atom. The molecular weight excluding hydrogens is 318 g/mol. The summed E-state index contributed by atoms with van der Waals surface area (Å²) in [6.07, 6.45) is 1.38. The lowest BCUT2D eigenvalue weighted by Crippen LogP contribution is -2.17. The van der Waals surface area contributed by atoms with Gasteiger partial charge >= 0.3 is 5.97 Å². The number of halogens is 1. The Kier molecular flexibility index (Phi) is 4.15. The quantitative estimate of drug-likeness (QED) is 0.882. The second kappa shape index (κ2) is 5.64. The predicted molar refractivity (Wildman–Crippen MR) is 72.7 cm³/mol. The summed E-state index contributed by atoms with van der Waals surface area (Å²) in [5.74, 6) is -0.946. The molecule has 0 fully saturated rings. The number of aromatic nitrogens is 2. The third kappa shape index (κ3) is 2.98. The maximum absolute atomic E-state index is 11.0. The molecule has 0 aromatic carbocycles. The summed E-state index contributed by atoms with van der Waals surface area (Å²) in [6.45, 7) is 1.19. The van der Waals surface area contributed by atoms with Crippen LogP contribution in [0.5, 0.6) is 0 Å². The number of rotatable bonds is 5. The van der Waals surface area contributed by atoms with Crippen LogP contribution in [0.2, 0.25) is 0 Å². The predicted octanol–water partition coefficient (Wildman–Crippen LogP) is 2.23. The van der Waals surface area contributed by atoms with E-state index in [1.54, 1.807) is 23.1 Å². The van der Waals surface area contributed by atoms with Crippen LogP contribution in [0.3, 0.4) is 0 Å². The molecule has 18 heavy (non-hydrogen) atoms. The number of carboxylic acid groups (broad SMARTS) is 1. The fraction of sp³-hybridized carbons (Fsp3) is 0.273. The molecule has 2 N–H and O–H groups in total. The van der Waals surface area contributed by atoms with Crippen molar-refractivity contribution in [3.8, 4) is 0 Å². The fourth-order valence-corrected chi connectivity index (χ4v) is 3.05. The minimum Gasteiger partial charge on any atom is -0.478 e. The highest BCUT2D eigenvalue weighted by atomic mass is 79.9. The van der Waals surface area contributed by atoms with Crippen LogP contribution in [-0.4, -0.2) is 20.9 Å². The minimum absolute atomic E-state index is 0.248. The van der Waals surface area contributed by atoms with Gasteiger partial charge < -0.3 is 10.4 Å². The van der Waals surface area contributed by atoms with Gasteiger partial charge in [0.25, 0.3) is 0 Å². The zero-order valence-corrected chi connectivity index (χ0v) is 12.1. The van der Waals surface area contributed by atoms with Crippen LogP contribution in [0.25, 0.3) is 0 Å². The fourth-order valence-electron chi connectivity index (χ4n) is 1.60. The highest BCUT2D eigenvalue weighted by Crippen LogP contribution is 2.21. The Labute approximate surface area is 117 Å². The zero-order valence-electron chi connectivity index (χ0n) is 9.68. The zero-order chi connectivity index (χ0) is 13.1. The third-order valence-corrected chi connectivity index (χ3v) is 4.14. The van der Waals surface area contributed by atoms with Crippen molar-refractivity contribution in [1.82, 2.24) is 15.1 Å². The summed E-state index contributed by atoms with van der Waals surface area (Å²) in [6, 6.07) is 4.03. The average molecular weight is 330 g/mol. The number of aryl methyl sites for hydroxylation is 1. The lowest BCUT2D eigenvalue weighted by Gasteiger charge is -2.05. The van der Waals surface area contributed by atoms with Gasteiger partial charge in [-0.1, -0.05) is 0 Å². The maximum Gasteiger partial charge on any atom is 0.339 e. The first kappa shape index (κ1) is 13.3. The van der Waals surface area contributed by atoms with Crippen molar-refractivity contribution < 1.29 is 9.90 Å². The van der Waals surface area contributed by atoms with E-state index in [-0.39, 0.29) is 5.56 Å². The summed E-state index contributed by atoms with van der Waals surface area (Å²) in [7, 11) is 1.74. The van der Waals surface area contributed by atoms with Crippen molar-refractivity contribution in [3.63, 3.8) is 0 Å². The van der Waals surface area contributed by atoms with Gasteiger partial charge in [-0.2, -0.15) is 5.10 Å². The summed E-state index contributed by atoms with van der Waals surface area (Å²) >= 11 is 5.06. The summed E-state index contributed by atoms with van der Waals surface area (Å²) < 4.78 is 2.67. The summed E-state index contributed by atoms with van der Waals surface area (Å²) in [5, 5.41) is 16.2. The Bertz CT molecular complexity index is 564. The molecule has 0 aliphatic carbocycles. The highest BCUT2D eigenvalue weighted by Gasteiger charge is 2.14. The molecule has 0 unspecified atom stereocenters. The lowest BCUT2D eigenvalue weighted by atomic mass is 10.2. The second-order valence-corrected chi connectivity index (χ2v) is 6.29. The first-order chi connectivity index (χ1) is 8.58. The molecule has 0 bridgehead atoms. The van der Waals surface area contributed by atoms with E-state index in [0.29, 0.717) is 18.8 Å². The van der Waals surface area contributed by atoms with Crippen LogP contribution in [0.1, 0.15) is 20.9 Å². The van der Waals surface area contributed by atoms with E-state index >= 15 is 0 Å². The topological polar surface area (TPSA) is 67.2 Å². The number of aromatic carboxylic acids is 1. The number of nitrogens with zero attached hydrogens (tertiary/aromatic N) is 2. The Morgan fingerprint density at radius 1 is 1.56 bits per heavy atom. The van der Waals surface area contributed by atoms with Gasteiger partial charge in [-0.3, -0.25) is 4.68 Å². The average Bonchev–Trinajstić information content (AvgIpc) is 2.87. The molecule has 0 spiro atoms. The molecule has 0 atom stereocenters. The number of hydrogen-bond donors (Lipinski definition) is 2. The summed E-state index contributed by atoms with van der Waals surface area (Å²) in [4.78, 5) is 12.2. The Balaban J connectivity index is 1.98. The van der Waals surface area contributed by atoms with E-state index in [4.69, 9.17) is 5.11 Å². The molecule has 2 aromatic heterocycles. The molecule has 96 valence electrons. The number of carboxylic acids is 1. The van der Waals surface area contributed by atoms with E-state index in [1.165, 1.54) is 11.1 Å². The number of nitrogens with one attached hydrogen (secondary N) is 1. The van der Waals surface area contributed by atoms with E-state index in [2.05, 4.69) is 26.3 Å². The smallest absolute Gasteiger partial charge is 0.339 e. The molecule has 2 aromatic rings. The van der Waals surface area contributed by atoms with Gasteiger partial charge in [-0.05, 0) is 28.1 Å². The molecule has 0 amide bonds. The van der Waals surface area contributed by atoms with Gasteiger partial charge in [0.1, 0.15) is 5.56 Å². The van der Waals surface area contributed by atoms with Gasteiger partial charge in [0.15, 0.2) is 0 Å². The van der Waals surface area contributed by atoms with Crippen LogP contribution < -0.4 is 5.32 Å². The molecule has 2 heterocycles. The number of hydrogen-bond acceptors (Lipinski definition) is 4. The molecule has 2 rings (SSSR count). The molecule has 0 aliphatic heterocycles. The first-order valence-corrected chi connectivity index (χ1v) is 6.88. The molecule has 7 heteroatoms. The Morgan fingerprint density at radius 3 is 2.94 bits per heavy atom. The standard InChI is InChI=1S/C11H12BrN3O2S/c1-15-9(8(5-14-15)11(16)17)6-13-4-7-2-3-10(12)18-7/h2-3,5,13H,4,6H2,1H3,(H,16,17). The van der Waals surface area contributed by atoms with Crippen molar-refractivity contribution in [3.05, 3.63) is 38.3 Å². The highest BCUT2D eigenvalue weighted by molar-refractivity contribution is 9.11. The lowest BCUT2D eigenvalue weighted by molar-refractivity contribution is 0.0695. The SMILES string of the molecule is Cn1ncc(C(=O)O)c1CNCc1ccc(Br)s1. The van der Waals surface area contributed by atoms with Gasteiger partial charge in [-0.15, -0.1) is 11.3 Å². The molecule has 0 aliphatic rings. The normalized spacial score (nSPS) is 10.8. The monoisotopic (exact) mass is 329 g/mol. The first-order valence-electron chi connectivity index (χ1n) is 5.27. The van der Waals surface area contributed by atoms with Crippen molar-refractivity contribution in [2.24, 2.45) is 7.05 Å².